The molecule has 1 fully saturated rings. The molecule has 0 spiro atoms. The van der Waals surface area contributed by atoms with Gasteiger partial charge in [-0.3, -0.25) is 4.99 Å². The average molecular weight is 228 g/mol. The fraction of sp³-hybridized carbons (Fsp3) is 0.917. The number of nitrogens with zero attached hydrogens (tertiary/aromatic N) is 1. The van der Waals surface area contributed by atoms with E-state index in [-0.39, 0.29) is 0 Å². The van der Waals surface area contributed by atoms with Crippen LogP contribution in [-0.2, 0) is 0 Å². The van der Waals surface area contributed by atoms with Gasteiger partial charge in [-0.05, 0) is 70.9 Å². The first-order valence-corrected chi connectivity index (χ1v) is 6.51. The zero-order chi connectivity index (χ0) is 11.9. The average Bonchev–Trinajstić information content (AvgIpc) is 3.00. The molecule has 0 radical (unpaired) electrons. The molecule has 0 aromatic heterocycles. The van der Waals surface area contributed by atoms with Crippen molar-refractivity contribution in [2.24, 2.45) is 16.5 Å². The van der Waals surface area contributed by atoms with Crippen LogP contribution in [0.1, 0.15) is 38.5 Å². The minimum atomic E-state index is 0.775. The molecule has 0 aliphatic carbocycles. The van der Waals surface area contributed by atoms with Gasteiger partial charge in [0, 0.05) is 6.54 Å². The van der Waals surface area contributed by atoms with Crippen molar-refractivity contribution in [3.05, 3.63) is 0 Å². The summed E-state index contributed by atoms with van der Waals surface area (Å²) in [6.07, 6.45) is 9.38. The first-order valence-electron chi connectivity index (χ1n) is 6.51. The zero-order valence-electron chi connectivity index (χ0n) is 10.5. The summed E-state index contributed by atoms with van der Waals surface area (Å²) in [6, 6.07) is 0. The molecule has 0 amide bonds. The zero-order valence-corrected chi connectivity index (χ0v) is 10.5. The molecule has 2 rings (SSSR count). The highest BCUT2D eigenvalue weighted by atomic mass is 14.9. The second-order valence-corrected chi connectivity index (χ2v) is 3.97. The van der Waals surface area contributed by atoms with Gasteiger partial charge in [0.2, 0.25) is 0 Å². The van der Waals surface area contributed by atoms with E-state index in [0.29, 0.717) is 0 Å². The van der Waals surface area contributed by atoms with Gasteiger partial charge in [0.15, 0.2) is 0 Å². The summed E-state index contributed by atoms with van der Waals surface area (Å²) in [6.45, 7) is 5.12. The minimum absolute atomic E-state index is 0.775. The second kappa shape index (κ2) is 14.6. The Bertz CT molecular complexity index is 126. The Morgan fingerprint density at radius 1 is 1.00 bits per heavy atom. The van der Waals surface area contributed by atoms with Crippen LogP contribution in [0.25, 0.3) is 0 Å². The highest BCUT2D eigenvalue weighted by Crippen LogP contribution is 1.92. The van der Waals surface area contributed by atoms with Crippen molar-refractivity contribution >= 4 is 6.21 Å². The van der Waals surface area contributed by atoms with Crippen molar-refractivity contribution in [1.29, 1.82) is 0 Å². The predicted octanol–water partition coefficient (Wildman–Crippen LogP) is 0.905. The standard InChI is InChI=1S/C4H12N2.C4H9N.C4H7N/c5-3-1-2-4-6;2*1-2-4-5-3-1/h1-6H2;5H,1-4H2;3H,1-2,4H2. The molecule has 0 aromatic rings. The maximum Gasteiger partial charge on any atom is 0.0388 e. The van der Waals surface area contributed by atoms with E-state index in [9.17, 15) is 0 Å². The van der Waals surface area contributed by atoms with Crippen molar-refractivity contribution in [2.45, 2.75) is 38.5 Å². The molecule has 0 aromatic carbocycles. The van der Waals surface area contributed by atoms with Crippen LogP contribution in [0.3, 0.4) is 0 Å². The van der Waals surface area contributed by atoms with Crippen LogP contribution in [-0.4, -0.2) is 38.9 Å². The monoisotopic (exact) mass is 228 g/mol. The third-order valence-electron chi connectivity index (χ3n) is 2.36. The topological polar surface area (TPSA) is 76.4 Å². The van der Waals surface area contributed by atoms with Gasteiger partial charge < -0.3 is 16.8 Å². The number of unbranched alkanes of at least 4 members (excludes halogenated alkanes) is 1. The van der Waals surface area contributed by atoms with Crippen LogP contribution in [0.4, 0.5) is 0 Å². The molecule has 4 nitrogen and oxygen atoms in total. The van der Waals surface area contributed by atoms with Crippen LogP contribution in [0, 0.1) is 0 Å². The third kappa shape index (κ3) is 13.5. The van der Waals surface area contributed by atoms with E-state index in [4.69, 9.17) is 11.5 Å². The van der Waals surface area contributed by atoms with E-state index in [1.54, 1.807) is 0 Å². The van der Waals surface area contributed by atoms with Gasteiger partial charge in [-0.25, -0.2) is 0 Å². The maximum atomic E-state index is 5.16. The lowest BCUT2D eigenvalue weighted by Crippen LogP contribution is -2.03. The fourth-order valence-corrected chi connectivity index (χ4v) is 1.37. The van der Waals surface area contributed by atoms with Crippen molar-refractivity contribution in [3.8, 4) is 0 Å². The molecule has 2 heterocycles. The van der Waals surface area contributed by atoms with Crippen molar-refractivity contribution in [2.75, 3.05) is 32.7 Å². The summed E-state index contributed by atoms with van der Waals surface area (Å²) in [5.41, 5.74) is 10.3. The maximum absolute atomic E-state index is 5.16. The van der Waals surface area contributed by atoms with Crippen LogP contribution in [0.2, 0.25) is 0 Å². The molecule has 1 saturated heterocycles. The molecule has 4 heteroatoms. The molecule has 0 bridgehead atoms. The lowest BCUT2D eigenvalue weighted by Gasteiger charge is -1.87. The van der Waals surface area contributed by atoms with Crippen LogP contribution >= 0.6 is 0 Å². The van der Waals surface area contributed by atoms with Gasteiger partial charge in [0.25, 0.3) is 0 Å². The van der Waals surface area contributed by atoms with Crippen LogP contribution in [0.15, 0.2) is 4.99 Å². The Kier molecular flexibility index (Phi) is 14.1. The van der Waals surface area contributed by atoms with Gasteiger partial charge in [0.05, 0.1) is 0 Å². The van der Waals surface area contributed by atoms with Crippen molar-refractivity contribution < 1.29 is 0 Å². The van der Waals surface area contributed by atoms with Gasteiger partial charge in [-0.1, -0.05) is 0 Å². The molecule has 5 N–H and O–H groups in total. The summed E-state index contributed by atoms with van der Waals surface area (Å²) in [4.78, 5) is 3.96. The number of nitrogens with two attached hydrogens (primary N) is 2. The normalized spacial score (nSPS) is 17.4. The highest BCUT2D eigenvalue weighted by Gasteiger charge is 1.93. The minimum Gasteiger partial charge on any atom is -0.330 e. The Hall–Kier alpha value is -0.450. The number of hydrogen-bond donors (Lipinski definition) is 3. The Morgan fingerprint density at radius 3 is 1.81 bits per heavy atom. The van der Waals surface area contributed by atoms with E-state index in [2.05, 4.69) is 10.3 Å². The molecule has 0 saturated carbocycles. The molecule has 2 aliphatic heterocycles. The lowest BCUT2D eigenvalue weighted by molar-refractivity contribution is 0.755. The van der Waals surface area contributed by atoms with Gasteiger partial charge >= 0.3 is 0 Å². The molecule has 0 atom stereocenters. The lowest BCUT2D eigenvalue weighted by atomic mass is 10.3. The first kappa shape index (κ1) is 15.6. The fourth-order valence-electron chi connectivity index (χ4n) is 1.37. The van der Waals surface area contributed by atoms with E-state index in [0.717, 1.165) is 32.5 Å². The molecule has 0 unspecified atom stereocenters. The molecular formula is C12H28N4. The van der Waals surface area contributed by atoms with Gasteiger partial charge in [-0.15, -0.1) is 0 Å². The quantitative estimate of drug-likeness (QED) is 0.628. The number of aliphatic imine (C=N–C) groups is 1. The Balaban J connectivity index is 0.000000211. The number of rotatable bonds is 3. The summed E-state index contributed by atoms with van der Waals surface area (Å²) in [5.74, 6) is 0. The first-order chi connectivity index (χ1) is 7.91. The molecule has 2 aliphatic rings. The number of nitrogens with one attached hydrogen (secondary N) is 1. The van der Waals surface area contributed by atoms with Gasteiger partial charge in [0.1, 0.15) is 0 Å². The Morgan fingerprint density at radius 2 is 1.62 bits per heavy atom. The van der Waals surface area contributed by atoms with Crippen LogP contribution < -0.4 is 16.8 Å². The van der Waals surface area contributed by atoms with E-state index in [1.807, 2.05) is 6.21 Å². The summed E-state index contributed by atoms with van der Waals surface area (Å²) in [7, 11) is 0. The van der Waals surface area contributed by atoms with Crippen molar-refractivity contribution in [3.63, 3.8) is 0 Å². The molecule has 16 heavy (non-hydrogen) atoms. The largest absolute Gasteiger partial charge is 0.330 e. The molecule has 96 valence electrons. The van der Waals surface area contributed by atoms with Crippen molar-refractivity contribution in [1.82, 2.24) is 5.32 Å². The highest BCUT2D eigenvalue weighted by molar-refractivity contribution is 5.58. The third-order valence-corrected chi connectivity index (χ3v) is 2.36. The summed E-state index contributed by atoms with van der Waals surface area (Å²) >= 11 is 0. The van der Waals surface area contributed by atoms with E-state index < -0.39 is 0 Å². The predicted molar refractivity (Wildman–Crippen MR) is 72.0 cm³/mol. The van der Waals surface area contributed by atoms with Crippen LogP contribution in [0.5, 0.6) is 0 Å². The summed E-state index contributed by atoms with van der Waals surface area (Å²) in [5, 5.41) is 3.22. The van der Waals surface area contributed by atoms with E-state index in [1.165, 1.54) is 38.8 Å². The smallest absolute Gasteiger partial charge is 0.0388 e. The summed E-state index contributed by atoms with van der Waals surface area (Å²) < 4.78 is 0. The van der Waals surface area contributed by atoms with Gasteiger partial charge in [-0.2, -0.15) is 0 Å². The molecular weight excluding hydrogens is 200 g/mol. The second-order valence-electron chi connectivity index (χ2n) is 3.97. The van der Waals surface area contributed by atoms with E-state index >= 15 is 0 Å². The number of hydrogen-bond acceptors (Lipinski definition) is 4. The Labute approximate surface area is 99.9 Å². The SMILES string of the molecule is C1=NCCC1.C1CCNC1.NCCCCN.